The predicted molar refractivity (Wildman–Crippen MR) is 39.5 cm³/mol. The summed E-state index contributed by atoms with van der Waals surface area (Å²) in [5.41, 5.74) is -0.200. The quantitative estimate of drug-likeness (QED) is 0.502. The van der Waals surface area contributed by atoms with Crippen LogP contribution in [0.1, 0.15) is 0 Å². The molecule has 3 nitrogen and oxygen atoms in total. The minimum absolute atomic E-state index is 0.200. The lowest BCUT2D eigenvalue weighted by atomic mass is 9.91. The van der Waals surface area contributed by atoms with Gasteiger partial charge < -0.3 is 4.90 Å². The van der Waals surface area contributed by atoms with Gasteiger partial charge >= 0.3 is 0 Å². The number of hydrogen-bond acceptors (Lipinski definition) is 3. The Balaban J connectivity index is 2.59. The van der Waals surface area contributed by atoms with Crippen LogP contribution in [0.2, 0.25) is 0 Å². The molecule has 0 aliphatic carbocycles. The van der Waals surface area contributed by atoms with E-state index in [1.807, 2.05) is 26.0 Å². The van der Waals surface area contributed by atoms with Gasteiger partial charge in [-0.15, -0.1) is 0 Å². The third-order valence-corrected chi connectivity index (χ3v) is 2.13. The molecule has 3 heteroatoms. The van der Waals surface area contributed by atoms with Crippen molar-refractivity contribution >= 4 is 0 Å². The van der Waals surface area contributed by atoms with Gasteiger partial charge in [-0.2, -0.15) is 5.26 Å². The molecule has 0 bridgehead atoms. The molecule has 0 aromatic carbocycles. The van der Waals surface area contributed by atoms with Crippen molar-refractivity contribution in [2.24, 2.45) is 0 Å². The Morgan fingerprint density at radius 3 is 2.10 bits per heavy atom. The first-order chi connectivity index (χ1) is 4.60. The highest BCUT2D eigenvalue weighted by atomic mass is 15.3. The van der Waals surface area contributed by atoms with Crippen LogP contribution in [0.25, 0.3) is 0 Å². The number of likely N-dealkylation sites (N-methyl/N-ethyl adjacent to an activating group) is 2. The number of nitriles is 1. The molecule has 10 heavy (non-hydrogen) atoms. The van der Waals surface area contributed by atoms with E-state index in [4.69, 9.17) is 5.26 Å². The molecule has 0 spiro atoms. The second-order valence-electron chi connectivity index (χ2n) is 3.21. The lowest BCUT2D eigenvalue weighted by Gasteiger charge is -2.47. The van der Waals surface area contributed by atoms with Gasteiger partial charge in [0.2, 0.25) is 0 Å². The van der Waals surface area contributed by atoms with E-state index in [1.165, 1.54) is 0 Å². The van der Waals surface area contributed by atoms with Crippen LogP contribution in [0.15, 0.2) is 0 Å². The van der Waals surface area contributed by atoms with E-state index in [1.54, 1.807) is 0 Å². The smallest absolute Gasteiger partial charge is 0.134 e. The molecular weight excluding hydrogens is 126 g/mol. The Kier molecular flexibility index (Phi) is 1.67. The molecule has 1 aliphatic heterocycles. The van der Waals surface area contributed by atoms with Gasteiger partial charge in [0.05, 0.1) is 6.07 Å². The summed E-state index contributed by atoms with van der Waals surface area (Å²) < 4.78 is 0. The number of rotatable bonds is 1. The molecule has 1 fully saturated rings. The summed E-state index contributed by atoms with van der Waals surface area (Å²) in [7, 11) is 5.94. The Morgan fingerprint density at radius 2 is 2.00 bits per heavy atom. The van der Waals surface area contributed by atoms with Crippen LogP contribution in [-0.2, 0) is 0 Å². The van der Waals surface area contributed by atoms with E-state index in [9.17, 15) is 0 Å². The van der Waals surface area contributed by atoms with Crippen molar-refractivity contribution in [3.05, 3.63) is 0 Å². The molecule has 0 amide bonds. The molecule has 0 radical (unpaired) electrons. The zero-order chi connectivity index (χ0) is 7.78. The molecule has 0 N–H and O–H groups in total. The van der Waals surface area contributed by atoms with Crippen molar-refractivity contribution < 1.29 is 0 Å². The van der Waals surface area contributed by atoms with Gasteiger partial charge in [0.25, 0.3) is 0 Å². The highest BCUT2D eigenvalue weighted by Gasteiger charge is 2.43. The Labute approximate surface area is 61.8 Å². The van der Waals surface area contributed by atoms with Gasteiger partial charge in [0.15, 0.2) is 0 Å². The van der Waals surface area contributed by atoms with Crippen LogP contribution >= 0.6 is 0 Å². The molecular formula is C7H13N3. The first kappa shape index (κ1) is 7.52. The van der Waals surface area contributed by atoms with Crippen LogP contribution in [0.4, 0.5) is 0 Å². The second-order valence-corrected chi connectivity index (χ2v) is 3.21. The average Bonchev–Trinajstić information content (AvgIpc) is 1.79. The summed E-state index contributed by atoms with van der Waals surface area (Å²) in [5.74, 6) is 0. The average molecular weight is 139 g/mol. The standard InChI is InChI=1S/C7H13N3/c1-9(2)7(4-8)5-10(3)6-7/h5-6H2,1-3H3. The van der Waals surface area contributed by atoms with Crippen molar-refractivity contribution in [2.45, 2.75) is 5.54 Å². The number of likely N-dealkylation sites (tertiary alicyclic amines) is 1. The van der Waals surface area contributed by atoms with Crippen molar-refractivity contribution in [2.75, 3.05) is 34.2 Å². The zero-order valence-electron chi connectivity index (χ0n) is 6.76. The minimum atomic E-state index is -0.200. The Bertz CT molecular complexity index is 162. The van der Waals surface area contributed by atoms with Crippen molar-refractivity contribution in [3.8, 4) is 6.07 Å². The summed E-state index contributed by atoms with van der Waals surface area (Å²) >= 11 is 0. The van der Waals surface area contributed by atoms with E-state index in [2.05, 4.69) is 11.0 Å². The highest BCUT2D eigenvalue weighted by molar-refractivity contribution is 5.16. The Morgan fingerprint density at radius 1 is 1.50 bits per heavy atom. The molecule has 0 aromatic rings. The molecule has 0 saturated carbocycles. The SMILES string of the molecule is CN1CC(C#N)(N(C)C)C1. The van der Waals surface area contributed by atoms with Crippen molar-refractivity contribution in [1.82, 2.24) is 9.80 Å². The molecule has 0 aromatic heterocycles. The first-order valence-electron chi connectivity index (χ1n) is 3.38. The maximum atomic E-state index is 8.81. The fraction of sp³-hybridized carbons (Fsp3) is 0.857. The van der Waals surface area contributed by atoms with Gasteiger partial charge in [-0.3, -0.25) is 4.90 Å². The van der Waals surface area contributed by atoms with E-state index in [0.29, 0.717) is 0 Å². The maximum Gasteiger partial charge on any atom is 0.134 e. The summed E-state index contributed by atoms with van der Waals surface area (Å²) in [5, 5.41) is 8.81. The van der Waals surface area contributed by atoms with Gasteiger partial charge in [0, 0.05) is 13.1 Å². The molecule has 1 rings (SSSR count). The van der Waals surface area contributed by atoms with Crippen LogP contribution < -0.4 is 0 Å². The molecule has 56 valence electrons. The van der Waals surface area contributed by atoms with Crippen LogP contribution in [0.5, 0.6) is 0 Å². The topological polar surface area (TPSA) is 30.3 Å². The maximum absolute atomic E-state index is 8.81. The number of nitrogens with zero attached hydrogens (tertiary/aromatic N) is 3. The van der Waals surface area contributed by atoms with E-state index >= 15 is 0 Å². The fourth-order valence-electron chi connectivity index (χ4n) is 1.30. The summed E-state index contributed by atoms with van der Waals surface area (Å²) in [6.07, 6.45) is 0. The minimum Gasteiger partial charge on any atom is -0.300 e. The molecule has 0 atom stereocenters. The summed E-state index contributed by atoms with van der Waals surface area (Å²) in [6, 6.07) is 2.33. The molecule has 1 aliphatic rings. The third kappa shape index (κ3) is 0.898. The second kappa shape index (κ2) is 2.22. The lowest BCUT2D eigenvalue weighted by molar-refractivity contribution is 0.0314. The normalized spacial score (nSPS) is 23.9. The lowest BCUT2D eigenvalue weighted by Crippen LogP contribution is -2.66. The van der Waals surface area contributed by atoms with Crippen LogP contribution in [0, 0.1) is 11.3 Å². The molecule has 0 unspecified atom stereocenters. The van der Waals surface area contributed by atoms with E-state index in [0.717, 1.165) is 13.1 Å². The summed E-state index contributed by atoms with van der Waals surface area (Å²) in [4.78, 5) is 4.14. The van der Waals surface area contributed by atoms with Gasteiger partial charge in [-0.25, -0.2) is 0 Å². The van der Waals surface area contributed by atoms with Gasteiger partial charge in [-0.1, -0.05) is 0 Å². The molecule has 1 saturated heterocycles. The molecule has 1 heterocycles. The van der Waals surface area contributed by atoms with Gasteiger partial charge in [-0.05, 0) is 21.1 Å². The third-order valence-electron chi connectivity index (χ3n) is 2.13. The van der Waals surface area contributed by atoms with E-state index in [-0.39, 0.29) is 5.54 Å². The predicted octanol–water partition coefficient (Wildman–Crippen LogP) is -0.244. The van der Waals surface area contributed by atoms with Crippen LogP contribution in [0.3, 0.4) is 0 Å². The largest absolute Gasteiger partial charge is 0.300 e. The van der Waals surface area contributed by atoms with Gasteiger partial charge in [0.1, 0.15) is 5.54 Å². The monoisotopic (exact) mass is 139 g/mol. The van der Waals surface area contributed by atoms with Crippen molar-refractivity contribution in [1.29, 1.82) is 5.26 Å². The van der Waals surface area contributed by atoms with E-state index < -0.39 is 0 Å². The first-order valence-corrected chi connectivity index (χ1v) is 3.38. The van der Waals surface area contributed by atoms with Crippen LogP contribution in [-0.4, -0.2) is 49.6 Å². The highest BCUT2D eigenvalue weighted by Crippen LogP contribution is 2.22. The number of hydrogen-bond donors (Lipinski definition) is 0. The zero-order valence-corrected chi connectivity index (χ0v) is 6.76. The summed E-state index contributed by atoms with van der Waals surface area (Å²) in [6.45, 7) is 1.74. The van der Waals surface area contributed by atoms with Crippen molar-refractivity contribution in [3.63, 3.8) is 0 Å². The fourth-order valence-corrected chi connectivity index (χ4v) is 1.30. The Hall–Kier alpha value is -0.590.